The van der Waals surface area contributed by atoms with Crippen molar-refractivity contribution in [2.45, 2.75) is 4.90 Å². The quantitative estimate of drug-likeness (QED) is 0.593. The summed E-state index contributed by atoms with van der Waals surface area (Å²) in [6.07, 6.45) is 5.63. The summed E-state index contributed by atoms with van der Waals surface area (Å²) in [5.41, 5.74) is 1.09. The van der Waals surface area contributed by atoms with Crippen LogP contribution < -0.4 is 0 Å². The lowest BCUT2D eigenvalue weighted by molar-refractivity contribution is 1.28. The van der Waals surface area contributed by atoms with Crippen LogP contribution in [-0.4, -0.2) is 17.5 Å². The van der Waals surface area contributed by atoms with Gasteiger partial charge in [0.2, 0.25) is 0 Å². The molecule has 0 aliphatic rings. The SMILES string of the molecule is CSc1ccc(/C=N/c2ccccn2)cc1. The van der Waals surface area contributed by atoms with Gasteiger partial charge in [-0.3, -0.25) is 0 Å². The third-order valence-corrected chi connectivity index (χ3v) is 2.85. The van der Waals surface area contributed by atoms with Crippen LogP contribution in [0.4, 0.5) is 5.82 Å². The molecule has 0 bridgehead atoms. The normalized spacial score (nSPS) is 10.8. The van der Waals surface area contributed by atoms with E-state index in [0.717, 1.165) is 11.4 Å². The van der Waals surface area contributed by atoms with Gasteiger partial charge in [0.15, 0.2) is 5.82 Å². The standard InChI is InChI=1S/C13H12N2S/c1-16-12-7-5-11(6-8-12)10-15-13-4-2-3-9-14-13/h2-10H,1H3/b15-10+. The van der Waals surface area contributed by atoms with Crippen LogP contribution in [0.1, 0.15) is 5.56 Å². The number of thioether (sulfide) groups is 1. The number of rotatable bonds is 3. The number of hydrogen-bond donors (Lipinski definition) is 0. The molecule has 0 fully saturated rings. The van der Waals surface area contributed by atoms with Crippen LogP contribution in [0.3, 0.4) is 0 Å². The van der Waals surface area contributed by atoms with Gasteiger partial charge in [-0.05, 0) is 36.1 Å². The fourth-order valence-electron chi connectivity index (χ4n) is 1.26. The molecule has 2 aromatic rings. The highest BCUT2D eigenvalue weighted by Crippen LogP contribution is 2.14. The first-order valence-electron chi connectivity index (χ1n) is 4.97. The van der Waals surface area contributed by atoms with Gasteiger partial charge in [0.25, 0.3) is 0 Å². The van der Waals surface area contributed by atoms with Crippen LogP contribution in [0, 0.1) is 0 Å². The predicted octanol–water partition coefficient (Wildman–Crippen LogP) is 3.55. The summed E-state index contributed by atoms with van der Waals surface area (Å²) < 4.78 is 0. The van der Waals surface area contributed by atoms with Gasteiger partial charge in [-0.25, -0.2) is 9.98 Å². The molecule has 2 nitrogen and oxygen atoms in total. The Labute approximate surface area is 99.5 Å². The lowest BCUT2D eigenvalue weighted by atomic mass is 10.2. The van der Waals surface area contributed by atoms with Crippen LogP contribution >= 0.6 is 11.8 Å². The van der Waals surface area contributed by atoms with E-state index < -0.39 is 0 Å². The third kappa shape index (κ3) is 2.94. The number of pyridine rings is 1. The highest BCUT2D eigenvalue weighted by atomic mass is 32.2. The predicted molar refractivity (Wildman–Crippen MR) is 69.7 cm³/mol. The van der Waals surface area contributed by atoms with Crippen LogP contribution in [0.25, 0.3) is 0 Å². The second-order valence-corrected chi connectivity index (χ2v) is 4.10. The Bertz CT molecular complexity index is 463. The van der Waals surface area contributed by atoms with Gasteiger partial charge in [-0.15, -0.1) is 11.8 Å². The molecule has 0 N–H and O–H groups in total. The topological polar surface area (TPSA) is 25.2 Å². The van der Waals surface area contributed by atoms with Crippen LogP contribution in [0.15, 0.2) is 58.5 Å². The van der Waals surface area contributed by atoms with Gasteiger partial charge < -0.3 is 0 Å². The maximum Gasteiger partial charge on any atom is 0.151 e. The van der Waals surface area contributed by atoms with Crippen molar-refractivity contribution in [2.75, 3.05) is 6.26 Å². The van der Waals surface area contributed by atoms with Gasteiger partial charge in [0.05, 0.1) is 0 Å². The molecule has 0 aliphatic carbocycles. The average molecular weight is 228 g/mol. The minimum atomic E-state index is 0.733. The highest BCUT2D eigenvalue weighted by molar-refractivity contribution is 7.98. The van der Waals surface area contributed by atoms with Crippen molar-refractivity contribution in [3.8, 4) is 0 Å². The third-order valence-electron chi connectivity index (χ3n) is 2.11. The Balaban J connectivity index is 2.12. The molecule has 2 rings (SSSR count). The van der Waals surface area contributed by atoms with E-state index in [1.54, 1.807) is 18.0 Å². The Hall–Kier alpha value is -1.61. The van der Waals surface area contributed by atoms with E-state index in [9.17, 15) is 0 Å². The van der Waals surface area contributed by atoms with Gasteiger partial charge in [-0.2, -0.15) is 0 Å². The zero-order valence-electron chi connectivity index (χ0n) is 9.00. The number of benzene rings is 1. The zero-order chi connectivity index (χ0) is 11.2. The number of aliphatic imine (C=N–C) groups is 1. The molecule has 1 heterocycles. The molecule has 0 saturated heterocycles. The largest absolute Gasteiger partial charge is 0.237 e. The average Bonchev–Trinajstić information content (AvgIpc) is 2.38. The molecule has 0 atom stereocenters. The summed E-state index contributed by atoms with van der Waals surface area (Å²) in [5, 5.41) is 0. The summed E-state index contributed by atoms with van der Waals surface area (Å²) in [4.78, 5) is 9.67. The molecule has 16 heavy (non-hydrogen) atoms. The molecule has 80 valence electrons. The molecule has 1 aromatic carbocycles. The Kier molecular flexibility index (Phi) is 3.72. The van der Waals surface area contributed by atoms with E-state index >= 15 is 0 Å². The number of nitrogens with zero attached hydrogens (tertiary/aromatic N) is 2. The smallest absolute Gasteiger partial charge is 0.151 e. The van der Waals surface area contributed by atoms with E-state index in [-0.39, 0.29) is 0 Å². The first-order valence-corrected chi connectivity index (χ1v) is 6.20. The maximum atomic E-state index is 4.29. The lowest BCUT2D eigenvalue weighted by Gasteiger charge is -1.96. The monoisotopic (exact) mass is 228 g/mol. The Morgan fingerprint density at radius 2 is 1.94 bits per heavy atom. The van der Waals surface area contributed by atoms with Gasteiger partial charge in [0, 0.05) is 17.3 Å². The molecule has 0 spiro atoms. The molecular weight excluding hydrogens is 216 g/mol. The first-order chi connectivity index (χ1) is 7.88. The molecule has 0 saturated carbocycles. The van der Waals surface area contributed by atoms with Crippen molar-refractivity contribution < 1.29 is 0 Å². The fourth-order valence-corrected chi connectivity index (χ4v) is 1.67. The van der Waals surface area contributed by atoms with E-state index in [2.05, 4.69) is 40.5 Å². The van der Waals surface area contributed by atoms with Crippen molar-refractivity contribution >= 4 is 23.8 Å². The van der Waals surface area contributed by atoms with E-state index in [1.165, 1.54) is 4.90 Å². The summed E-state index contributed by atoms with van der Waals surface area (Å²) in [7, 11) is 0. The van der Waals surface area contributed by atoms with Crippen molar-refractivity contribution in [3.05, 3.63) is 54.2 Å². The van der Waals surface area contributed by atoms with Crippen LogP contribution in [0.2, 0.25) is 0 Å². The first kappa shape index (κ1) is 10.9. The minimum Gasteiger partial charge on any atom is -0.237 e. The molecular formula is C13H12N2S. The molecule has 1 aromatic heterocycles. The minimum absolute atomic E-state index is 0.733. The number of aromatic nitrogens is 1. The summed E-state index contributed by atoms with van der Waals surface area (Å²) in [6, 6.07) is 14.0. The van der Waals surface area contributed by atoms with Gasteiger partial charge in [0.1, 0.15) is 0 Å². The lowest BCUT2D eigenvalue weighted by Crippen LogP contribution is -1.80. The molecule has 3 heteroatoms. The fraction of sp³-hybridized carbons (Fsp3) is 0.0769. The second kappa shape index (κ2) is 5.47. The van der Waals surface area contributed by atoms with Gasteiger partial charge >= 0.3 is 0 Å². The summed E-state index contributed by atoms with van der Waals surface area (Å²) in [5.74, 6) is 0.733. The number of hydrogen-bond acceptors (Lipinski definition) is 3. The van der Waals surface area contributed by atoms with Crippen molar-refractivity contribution in [1.29, 1.82) is 0 Å². The van der Waals surface area contributed by atoms with Crippen LogP contribution in [-0.2, 0) is 0 Å². The summed E-state index contributed by atoms with van der Waals surface area (Å²) >= 11 is 1.74. The summed E-state index contributed by atoms with van der Waals surface area (Å²) in [6.45, 7) is 0. The van der Waals surface area contributed by atoms with E-state index in [4.69, 9.17) is 0 Å². The van der Waals surface area contributed by atoms with Crippen molar-refractivity contribution in [2.24, 2.45) is 4.99 Å². The highest BCUT2D eigenvalue weighted by Gasteiger charge is 1.91. The molecule has 0 unspecified atom stereocenters. The Morgan fingerprint density at radius 1 is 1.12 bits per heavy atom. The van der Waals surface area contributed by atoms with E-state index in [1.807, 2.05) is 24.4 Å². The van der Waals surface area contributed by atoms with E-state index in [0.29, 0.717) is 0 Å². The maximum absolute atomic E-state index is 4.29. The second-order valence-electron chi connectivity index (χ2n) is 3.22. The Morgan fingerprint density at radius 3 is 2.56 bits per heavy atom. The van der Waals surface area contributed by atoms with Crippen LogP contribution in [0.5, 0.6) is 0 Å². The molecule has 0 aliphatic heterocycles. The van der Waals surface area contributed by atoms with Crippen molar-refractivity contribution in [1.82, 2.24) is 4.98 Å². The van der Waals surface area contributed by atoms with Gasteiger partial charge in [-0.1, -0.05) is 18.2 Å². The molecule has 0 amide bonds. The zero-order valence-corrected chi connectivity index (χ0v) is 9.82. The molecule has 0 radical (unpaired) electrons. The van der Waals surface area contributed by atoms with Crippen molar-refractivity contribution in [3.63, 3.8) is 0 Å².